The molecule has 1 aromatic heterocycles. The molecule has 2 aromatic carbocycles. The minimum atomic E-state index is -4.59. The minimum Gasteiger partial charge on any atom is -0.496 e. The SMILES string of the molecule is COc1ccccc1/C=N/Nc1nc(C(F)(F)F)c(-c2ccc(Cl)cc2)s1. The second-order valence-corrected chi connectivity index (χ2v) is 6.75. The van der Waals surface area contributed by atoms with E-state index in [0.717, 1.165) is 11.3 Å². The van der Waals surface area contributed by atoms with Crippen LogP contribution in [0.25, 0.3) is 10.4 Å². The molecule has 0 spiro atoms. The highest BCUT2D eigenvalue weighted by Gasteiger charge is 2.38. The maximum Gasteiger partial charge on any atom is 0.434 e. The predicted molar refractivity (Wildman–Crippen MR) is 102 cm³/mol. The summed E-state index contributed by atoms with van der Waals surface area (Å²) in [5.41, 5.74) is 2.65. The summed E-state index contributed by atoms with van der Waals surface area (Å²) >= 11 is 6.67. The lowest BCUT2D eigenvalue weighted by molar-refractivity contribution is -0.140. The molecule has 3 aromatic rings. The molecule has 3 rings (SSSR count). The fourth-order valence-electron chi connectivity index (χ4n) is 2.29. The average Bonchev–Trinajstić information content (AvgIpc) is 3.07. The molecular formula is C18H13ClF3N3OS. The molecule has 0 saturated carbocycles. The number of aromatic nitrogens is 1. The zero-order valence-electron chi connectivity index (χ0n) is 13.9. The Hall–Kier alpha value is -2.58. The van der Waals surface area contributed by atoms with Crippen LogP contribution in [0, 0.1) is 0 Å². The van der Waals surface area contributed by atoms with Crippen molar-refractivity contribution < 1.29 is 17.9 Å². The fourth-order valence-corrected chi connectivity index (χ4v) is 3.35. The number of methoxy groups -OCH3 is 1. The van der Waals surface area contributed by atoms with Crippen molar-refractivity contribution in [3.05, 3.63) is 64.8 Å². The van der Waals surface area contributed by atoms with E-state index in [1.807, 2.05) is 0 Å². The van der Waals surface area contributed by atoms with Crippen LogP contribution in [0.15, 0.2) is 53.6 Å². The summed E-state index contributed by atoms with van der Waals surface area (Å²) in [6.07, 6.45) is -3.13. The number of anilines is 1. The van der Waals surface area contributed by atoms with Gasteiger partial charge in [0.1, 0.15) is 5.75 Å². The Bertz CT molecular complexity index is 955. The summed E-state index contributed by atoms with van der Waals surface area (Å²) in [5.74, 6) is 0.597. The van der Waals surface area contributed by atoms with Gasteiger partial charge in [-0.25, -0.2) is 4.98 Å². The van der Waals surface area contributed by atoms with Gasteiger partial charge in [-0.05, 0) is 29.8 Å². The molecule has 0 unspecified atom stereocenters. The number of benzene rings is 2. The number of para-hydroxylation sites is 1. The Morgan fingerprint density at radius 3 is 2.52 bits per heavy atom. The van der Waals surface area contributed by atoms with Crippen LogP contribution in [0.2, 0.25) is 5.02 Å². The van der Waals surface area contributed by atoms with Gasteiger partial charge in [0, 0.05) is 10.6 Å². The molecular weight excluding hydrogens is 399 g/mol. The smallest absolute Gasteiger partial charge is 0.434 e. The van der Waals surface area contributed by atoms with Gasteiger partial charge in [-0.2, -0.15) is 18.3 Å². The number of alkyl halides is 3. The number of rotatable bonds is 5. The van der Waals surface area contributed by atoms with E-state index in [2.05, 4.69) is 15.5 Å². The van der Waals surface area contributed by atoms with Gasteiger partial charge in [0.2, 0.25) is 5.13 Å². The molecule has 9 heteroatoms. The standard InChI is InChI=1S/C18H13ClF3N3OS/c1-26-14-5-3-2-4-12(14)10-23-25-17-24-16(18(20,21)22)15(27-17)11-6-8-13(19)9-7-11/h2-10H,1H3,(H,24,25)/b23-10+. The van der Waals surface area contributed by atoms with Gasteiger partial charge in [0.15, 0.2) is 5.69 Å². The lowest BCUT2D eigenvalue weighted by Gasteiger charge is -2.05. The van der Waals surface area contributed by atoms with Crippen molar-refractivity contribution >= 4 is 34.3 Å². The number of thiazole rings is 1. The second kappa shape index (κ2) is 7.98. The van der Waals surface area contributed by atoms with Crippen LogP contribution in [-0.2, 0) is 6.18 Å². The van der Waals surface area contributed by atoms with Crippen molar-refractivity contribution in [2.45, 2.75) is 6.18 Å². The molecule has 0 aliphatic rings. The molecule has 0 aliphatic carbocycles. The minimum absolute atomic E-state index is 0.00541. The third-order valence-electron chi connectivity index (χ3n) is 3.50. The van der Waals surface area contributed by atoms with Gasteiger partial charge in [0.25, 0.3) is 0 Å². The first-order valence-electron chi connectivity index (χ1n) is 7.64. The summed E-state index contributed by atoms with van der Waals surface area (Å²) in [6.45, 7) is 0. The third-order valence-corrected chi connectivity index (χ3v) is 4.77. The van der Waals surface area contributed by atoms with Crippen LogP contribution in [-0.4, -0.2) is 18.3 Å². The predicted octanol–water partition coefficient (Wildman–Crippen LogP) is 5.94. The van der Waals surface area contributed by atoms with Crippen molar-refractivity contribution in [1.82, 2.24) is 4.98 Å². The maximum atomic E-state index is 13.3. The van der Waals surface area contributed by atoms with E-state index in [4.69, 9.17) is 16.3 Å². The Labute approximate surface area is 162 Å². The molecule has 0 saturated heterocycles. The van der Waals surface area contributed by atoms with Crippen LogP contribution in [0.5, 0.6) is 5.75 Å². The summed E-state index contributed by atoms with van der Waals surface area (Å²) in [4.78, 5) is 3.65. The molecule has 0 aliphatic heterocycles. The van der Waals surface area contributed by atoms with Gasteiger partial charge < -0.3 is 4.74 Å². The zero-order chi connectivity index (χ0) is 19.4. The number of halogens is 4. The lowest BCUT2D eigenvalue weighted by Crippen LogP contribution is -2.07. The van der Waals surface area contributed by atoms with Crippen molar-refractivity contribution in [3.8, 4) is 16.2 Å². The van der Waals surface area contributed by atoms with Gasteiger partial charge in [0.05, 0.1) is 18.2 Å². The van der Waals surface area contributed by atoms with Crippen LogP contribution < -0.4 is 10.2 Å². The zero-order valence-corrected chi connectivity index (χ0v) is 15.5. The quantitative estimate of drug-likeness (QED) is 0.417. The number of hydrazone groups is 1. The highest BCUT2D eigenvalue weighted by atomic mass is 35.5. The first-order chi connectivity index (χ1) is 12.9. The first kappa shape index (κ1) is 19.2. The summed E-state index contributed by atoms with van der Waals surface area (Å²) in [6, 6.07) is 13.2. The van der Waals surface area contributed by atoms with Gasteiger partial charge in [-0.15, -0.1) is 0 Å². The molecule has 0 fully saturated rings. The topological polar surface area (TPSA) is 46.5 Å². The summed E-state index contributed by atoms with van der Waals surface area (Å²) in [5, 5.41) is 4.44. The maximum absolute atomic E-state index is 13.3. The average molecular weight is 412 g/mol. The van der Waals surface area contributed by atoms with Crippen LogP contribution in [0.4, 0.5) is 18.3 Å². The van der Waals surface area contributed by atoms with E-state index in [1.165, 1.54) is 37.6 Å². The van der Waals surface area contributed by atoms with Crippen LogP contribution >= 0.6 is 22.9 Å². The largest absolute Gasteiger partial charge is 0.496 e. The molecule has 0 amide bonds. The molecule has 27 heavy (non-hydrogen) atoms. The summed E-state index contributed by atoms with van der Waals surface area (Å²) < 4.78 is 45.2. The van der Waals surface area contributed by atoms with Crippen molar-refractivity contribution in [2.24, 2.45) is 5.10 Å². The van der Waals surface area contributed by atoms with Crippen molar-refractivity contribution in [3.63, 3.8) is 0 Å². The van der Waals surface area contributed by atoms with E-state index in [0.29, 0.717) is 21.9 Å². The Balaban J connectivity index is 1.88. The van der Waals surface area contributed by atoms with E-state index >= 15 is 0 Å². The summed E-state index contributed by atoms with van der Waals surface area (Å²) in [7, 11) is 1.52. The monoisotopic (exact) mass is 411 g/mol. The first-order valence-corrected chi connectivity index (χ1v) is 8.84. The number of ether oxygens (including phenoxy) is 1. The van der Waals surface area contributed by atoms with Gasteiger partial charge in [-0.3, -0.25) is 5.43 Å². The molecule has 1 N–H and O–H groups in total. The third kappa shape index (κ3) is 4.58. The normalized spacial score (nSPS) is 11.7. The number of nitrogens with one attached hydrogen (secondary N) is 1. The van der Waals surface area contributed by atoms with Gasteiger partial charge >= 0.3 is 6.18 Å². The van der Waals surface area contributed by atoms with Crippen LogP contribution in [0.1, 0.15) is 11.3 Å². The Morgan fingerprint density at radius 1 is 1.15 bits per heavy atom. The lowest BCUT2D eigenvalue weighted by atomic mass is 10.1. The number of nitrogens with zero attached hydrogens (tertiary/aromatic N) is 2. The molecule has 0 bridgehead atoms. The van der Waals surface area contributed by atoms with E-state index in [-0.39, 0.29) is 10.0 Å². The van der Waals surface area contributed by atoms with E-state index in [1.54, 1.807) is 24.3 Å². The fraction of sp³-hybridized carbons (Fsp3) is 0.111. The van der Waals surface area contributed by atoms with Crippen LogP contribution in [0.3, 0.4) is 0 Å². The molecule has 4 nitrogen and oxygen atoms in total. The Morgan fingerprint density at radius 2 is 1.85 bits per heavy atom. The molecule has 1 heterocycles. The highest BCUT2D eigenvalue weighted by molar-refractivity contribution is 7.19. The number of hydrogen-bond acceptors (Lipinski definition) is 5. The second-order valence-electron chi connectivity index (χ2n) is 5.31. The molecule has 140 valence electrons. The number of hydrogen-bond donors (Lipinski definition) is 1. The van der Waals surface area contributed by atoms with E-state index < -0.39 is 11.9 Å². The molecule has 0 atom stereocenters. The van der Waals surface area contributed by atoms with Crippen molar-refractivity contribution in [1.29, 1.82) is 0 Å². The van der Waals surface area contributed by atoms with Gasteiger partial charge in [-0.1, -0.05) is 47.2 Å². The van der Waals surface area contributed by atoms with Crippen molar-refractivity contribution in [2.75, 3.05) is 12.5 Å². The highest BCUT2D eigenvalue weighted by Crippen LogP contribution is 2.42. The Kier molecular flexibility index (Phi) is 5.67. The van der Waals surface area contributed by atoms with E-state index in [9.17, 15) is 13.2 Å². The molecule has 0 radical (unpaired) electrons.